The van der Waals surface area contributed by atoms with Crippen LogP contribution in [-0.4, -0.2) is 15.6 Å². The van der Waals surface area contributed by atoms with Crippen LogP contribution in [0, 0.1) is 0 Å². The van der Waals surface area contributed by atoms with Crippen LogP contribution in [0.15, 0.2) is 79.4 Å². The number of carboxylic acids is 1. The molecule has 156 valence electrons. The maximum atomic E-state index is 12.3. The molecule has 0 bridgehead atoms. The number of para-hydroxylation sites is 1. The van der Waals surface area contributed by atoms with Gasteiger partial charge in [-0.2, -0.15) is 0 Å². The van der Waals surface area contributed by atoms with Crippen molar-refractivity contribution < 1.29 is 9.90 Å². The van der Waals surface area contributed by atoms with Gasteiger partial charge in [0.15, 0.2) is 0 Å². The molecule has 0 aliphatic rings. The van der Waals surface area contributed by atoms with Gasteiger partial charge in [0.2, 0.25) is 0 Å². The van der Waals surface area contributed by atoms with Crippen molar-refractivity contribution in [2.24, 2.45) is 0 Å². The van der Waals surface area contributed by atoms with Crippen LogP contribution in [0.2, 0.25) is 5.02 Å². The number of carboxylic acid groups (broad SMARTS) is 1. The minimum atomic E-state index is -0.937. The summed E-state index contributed by atoms with van der Waals surface area (Å²) in [4.78, 5) is 12.3. The molecule has 5 heteroatoms. The normalized spacial score (nSPS) is 11.0. The molecule has 0 aliphatic heterocycles. The summed E-state index contributed by atoms with van der Waals surface area (Å²) in [6.45, 7) is 5.24. The molecule has 4 nitrogen and oxygen atoms in total. The van der Waals surface area contributed by atoms with Crippen molar-refractivity contribution in [2.45, 2.75) is 19.6 Å². The van der Waals surface area contributed by atoms with Crippen LogP contribution in [0.3, 0.4) is 0 Å². The fourth-order valence-corrected chi connectivity index (χ4v) is 4.07. The molecular weight excluding hydrogens is 408 g/mol. The zero-order chi connectivity index (χ0) is 21.8. The van der Waals surface area contributed by atoms with Gasteiger partial charge < -0.3 is 15.0 Å². The molecule has 2 N–H and O–H groups in total. The highest BCUT2D eigenvalue weighted by molar-refractivity contribution is 6.31. The number of halogens is 1. The largest absolute Gasteiger partial charge is 0.477 e. The van der Waals surface area contributed by atoms with Gasteiger partial charge in [-0.1, -0.05) is 84.9 Å². The van der Waals surface area contributed by atoms with Crippen LogP contribution in [0.25, 0.3) is 17.0 Å². The molecule has 0 fully saturated rings. The SMILES string of the molecule is C=Cc1ccc(Cn2c(C(=O)O)c(CNCc3ccccc3Cl)c3ccccc32)cc1. The molecule has 1 heterocycles. The minimum Gasteiger partial charge on any atom is -0.477 e. The summed E-state index contributed by atoms with van der Waals surface area (Å²) < 4.78 is 1.88. The second kappa shape index (κ2) is 9.21. The van der Waals surface area contributed by atoms with E-state index in [0.29, 0.717) is 30.4 Å². The van der Waals surface area contributed by atoms with Gasteiger partial charge in [-0.3, -0.25) is 0 Å². The molecule has 0 unspecified atom stereocenters. The van der Waals surface area contributed by atoms with Gasteiger partial charge in [0.25, 0.3) is 0 Å². The highest BCUT2D eigenvalue weighted by Crippen LogP contribution is 2.28. The molecule has 0 radical (unpaired) electrons. The maximum Gasteiger partial charge on any atom is 0.352 e. The van der Waals surface area contributed by atoms with Gasteiger partial charge in [0, 0.05) is 41.1 Å². The maximum absolute atomic E-state index is 12.3. The molecule has 0 saturated carbocycles. The van der Waals surface area contributed by atoms with Crippen molar-refractivity contribution in [2.75, 3.05) is 0 Å². The Labute approximate surface area is 186 Å². The number of hydrogen-bond donors (Lipinski definition) is 2. The number of nitrogens with zero attached hydrogens (tertiary/aromatic N) is 1. The molecule has 0 aliphatic carbocycles. The summed E-state index contributed by atoms with van der Waals surface area (Å²) in [5.74, 6) is -0.937. The van der Waals surface area contributed by atoms with Gasteiger partial charge in [-0.25, -0.2) is 4.79 Å². The first-order chi connectivity index (χ1) is 15.1. The minimum absolute atomic E-state index is 0.306. The fourth-order valence-electron chi connectivity index (χ4n) is 3.87. The average Bonchev–Trinajstić information content (AvgIpc) is 3.09. The van der Waals surface area contributed by atoms with Crippen molar-refractivity contribution >= 4 is 34.5 Å². The first-order valence-electron chi connectivity index (χ1n) is 10.1. The van der Waals surface area contributed by atoms with Crippen LogP contribution >= 0.6 is 11.6 Å². The Morgan fingerprint density at radius 2 is 1.71 bits per heavy atom. The lowest BCUT2D eigenvalue weighted by Gasteiger charge is -2.11. The Morgan fingerprint density at radius 1 is 1.00 bits per heavy atom. The highest BCUT2D eigenvalue weighted by Gasteiger charge is 2.22. The third-order valence-corrected chi connectivity index (χ3v) is 5.78. The number of rotatable bonds is 8. The van der Waals surface area contributed by atoms with E-state index in [4.69, 9.17) is 11.6 Å². The fraction of sp³-hybridized carbons (Fsp3) is 0.115. The highest BCUT2D eigenvalue weighted by atomic mass is 35.5. The molecule has 1 aromatic heterocycles. The third kappa shape index (κ3) is 4.41. The van der Waals surface area contributed by atoms with Crippen molar-refractivity contribution in [3.63, 3.8) is 0 Å². The average molecular weight is 431 g/mol. The van der Waals surface area contributed by atoms with Gasteiger partial charge in [0.1, 0.15) is 5.69 Å². The molecular formula is C26H23ClN2O2. The number of fused-ring (bicyclic) bond motifs is 1. The molecule has 3 aromatic carbocycles. The van der Waals surface area contributed by atoms with Gasteiger partial charge in [0.05, 0.1) is 0 Å². The van der Waals surface area contributed by atoms with E-state index in [0.717, 1.165) is 33.2 Å². The number of hydrogen-bond acceptors (Lipinski definition) is 2. The molecule has 31 heavy (non-hydrogen) atoms. The predicted octanol–water partition coefficient (Wildman–Crippen LogP) is 5.97. The van der Waals surface area contributed by atoms with Crippen molar-refractivity contribution in [1.82, 2.24) is 9.88 Å². The van der Waals surface area contributed by atoms with Gasteiger partial charge >= 0.3 is 5.97 Å². The van der Waals surface area contributed by atoms with Gasteiger partial charge in [-0.15, -0.1) is 0 Å². The number of benzene rings is 3. The standard InChI is InChI=1S/C26H23ClN2O2/c1-2-18-11-13-19(14-12-18)17-29-24-10-6-4-8-21(24)22(25(29)26(30)31)16-28-15-20-7-3-5-9-23(20)27/h2-14,28H,1,15-17H2,(H,30,31). The Balaban J connectivity index is 1.69. The second-order valence-corrected chi connectivity index (χ2v) is 7.78. The monoisotopic (exact) mass is 430 g/mol. The molecule has 0 atom stereocenters. The van der Waals surface area contributed by atoms with Crippen LogP contribution < -0.4 is 5.32 Å². The van der Waals surface area contributed by atoms with E-state index in [9.17, 15) is 9.90 Å². The zero-order valence-electron chi connectivity index (χ0n) is 17.0. The summed E-state index contributed by atoms with van der Waals surface area (Å²) in [5, 5.41) is 15.1. The summed E-state index contributed by atoms with van der Waals surface area (Å²) in [6, 6.07) is 23.5. The van der Waals surface area contributed by atoms with Crippen molar-refractivity contribution in [3.05, 3.63) is 112 Å². The number of aromatic carboxylic acids is 1. The molecule has 0 spiro atoms. The zero-order valence-corrected chi connectivity index (χ0v) is 17.8. The number of nitrogens with one attached hydrogen (secondary N) is 1. The van der Waals surface area contributed by atoms with Crippen LogP contribution in [0.1, 0.15) is 32.7 Å². The van der Waals surface area contributed by atoms with E-state index < -0.39 is 5.97 Å². The number of aromatic nitrogens is 1. The number of carbonyl (C=O) groups is 1. The summed E-state index contributed by atoms with van der Waals surface area (Å²) >= 11 is 6.25. The predicted molar refractivity (Wildman–Crippen MR) is 127 cm³/mol. The Bertz CT molecular complexity index is 1240. The Hall–Kier alpha value is -3.34. The smallest absolute Gasteiger partial charge is 0.352 e. The van der Waals surface area contributed by atoms with Crippen LogP contribution in [-0.2, 0) is 19.6 Å². The quantitative estimate of drug-likeness (QED) is 0.362. The summed E-state index contributed by atoms with van der Waals surface area (Å²) in [5.41, 5.74) is 5.03. The molecule has 4 aromatic rings. The van der Waals surface area contributed by atoms with Crippen LogP contribution in [0.4, 0.5) is 0 Å². The topological polar surface area (TPSA) is 54.3 Å². The lowest BCUT2D eigenvalue weighted by atomic mass is 10.1. The van der Waals surface area contributed by atoms with Crippen molar-refractivity contribution in [3.8, 4) is 0 Å². The van der Waals surface area contributed by atoms with E-state index in [1.165, 1.54) is 0 Å². The molecule has 0 saturated heterocycles. The lowest BCUT2D eigenvalue weighted by molar-refractivity contribution is 0.0685. The van der Waals surface area contributed by atoms with E-state index in [2.05, 4.69) is 11.9 Å². The van der Waals surface area contributed by atoms with Crippen molar-refractivity contribution in [1.29, 1.82) is 0 Å². The van der Waals surface area contributed by atoms with E-state index in [1.807, 2.05) is 77.4 Å². The van der Waals surface area contributed by atoms with E-state index >= 15 is 0 Å². The first-order valence-corrected chi connectivity index (χ1v) is 10.4. The summed E-state index contributed by atoms with van der Waals surface area (Å²) in [6.07, 6.45) is 1.79. The Morgan fingerprint density at radius 3 is 2.42 bits per heavy atom. The summed E-state index contributed by atoms with van der Waals surface area (Å²) in [7, 11) is 0. The van der Waals surface area contributed by atoms with Gasteiger partial charge in [-0.05, 0) is 28.8 Å². The first kappa shape index (κ1) is 20.9. The Kier molecular flexibility index (Phi) is 6.21. The lowest BCUT2D eigenvalue weighted by Crippen LogP contribution is -2.17. The van der Waals surface area contributed by atoms with E-state index in [1.54, 1.807) is 6.08 Å². The van der Waals surface area contributed by atoms with Crippen LogP contribution in [0.5, 0.6) is 0 Å². The van der Waals surface area contributed by atoms with E-state index in [-0.39, 0.29) is 0 Å². The molecule has 0 amide bonds. The second-order valence-electron chi connectivity index (χ2n) is 7.38. The molecule has 4 rings (SSSR count). The third-order valence-electron chi connectivity index (χ3n) is 5.41.